The van der Waals surface area contributed by atoms with Gasteiger partial charge in [-0.05, 0) is 25.5 Å². The van der Waals surface area contributed by atoms with Gasteiger partial charge in [-0.15, -0.1) is 0 Å². The van der Waals surface area contributed by atoms with Crippen LogP contribution in [0, 0.1) is 24.0 Å². The first kappa shape index (κ1) is 18.1. The number of hydrogen-bond acceptors (Lipinski definition) is 6. The number of nitrogens with zero attached hydrogens (tertiary/aromatic N) is 5. The smallest absolute Gasteiger partial charge is 0.320 e. The van der Waals surface area contributed by atoms with E-state index in [2.05, 4.69) is 15.5 Å². The first-order chi connectivity index (χ1) is 12.8. The number of aryl methyl sites for hydroxylation is 3. The number of aromatic nitrogens is 4. The van der Waals surface area contributed by atoms with E-state index in [1.165, 1.54) is 17.9 Å². The van der Waals surface area contributed by atoms with Crippen LogP contribution in [0.15, 0.2) is 36.8 Å². The van der Waals surface area contributed by atoms with Crippen LogP contribution in [0.2, 0.25) is 0 Å². The fourth-order valence-corrected chi connectivity index (χ4v) is 2.61. The van der Waals surface area contributed by atoms with Crippen molar-refractivity contribution in [1.29, 1.82) is 0 Å². The van der Waals surface area contributed by atoms with Crippen molar-refractivity contribution in [3.05, 3.63) is 63.7 Å². The van der Waals surface area contributed by atoms with E-state index in [4.69, 9.17) is 4.74 Å². The Morgan fingerprint density at radius 3 is 2.78 bits per heavy atom. The first-order valence-electron chi connectivity index (χ1n) is 8.05. The molecule has 0 aliphatic rings. The lowest BCUT2D eigenvalue weighted by molar-refractivity contribution is -0.385. The van der Waals surface area contributed by atoms with Crippen molar-refractivity contribution in [2.75, 3.05) is 5.32 Å². The topological polar surface area (TPSA) is 117 Å². The Kier molecular flexibility index (Phi) is 4.88. The summed E-state index contributed by atoms with van der Waals surface area (Å²) in [4.78, 5) is 22.7. The van der Waals surface area contributed by atoms with Gasteiger partial charge in [0.25, 0.3) is 5.91 Å². The molecule has 2 heterocycles. The van der Waals surface area contributed by atoms with Crippen molar-refractivity contribution in [3.8, 4) is 5.75 Å². The molecule has 0 unspecified atom stereocenters. The number of ether oxygens (including phenoxy) is 1. The molecule has 2 aromatic heterocycles. The SMILES string of the molecule is Cc1ccc(OCn2cc(NC(=O)c3c([N+](=O)[O-])cnn3C)cn2)c(C)c1. The van der Waals surface area contributed by atoms with Crippen molar-refractivity contribution in [2.24, 2.45) is 7.05 Å². The standard InChI is InChI=1S/C17H18N6O4/c1-11-4-5-15(12(2)6-11)27-10-22-9-13(7-19-22)20-17(24)16-14(23(25)26)8-18-21(16)3/h4-9H,10H2,1-3H3,(H,20,24). The Balaban J connectivity index is 1.67. The summed E-state index contributed by atoms with van der Waals surface area (Å²) in [5.74, 6) is 0.101. The van der Waals surface area contributed by atoms with Gasteiger partial charge in [0.1, 0.15) is 11.9 Å². The summed E-state index contributed by atoms with van der Waals surface area (Å²) >= 11 is 0. The number of benzene rings is 1. The van der Waals surface area contributed by atoms with E-state index in [1.807, 2.05) is 32.0 Å². The second-order valence-corrected chi connectivity index (χ2v) is 6.02. The molecule has 1 N–H and O–H groups in total. The van der Waals surface area contributed by atoms with Gasteiger partial charge in [-0.2, -0.15) is 10.2 Å². The summed E-state index contributed by atoms with van der Waals surface area (Å²) in [6, 6.07) is 5.86. The van der Waals surface area contributed by atoms with E-state index in [1.54, 1.807) is 6.20 Å². The number of hydrogen-bond donors (Lipinski definition) is 1. The van der Waals surface area contributed by atoms with Crippen molar-refractivity contribution in [2.45, 2.75) is 20.6 Å². The lowest BCUT2D eigenvalue weighted by Gasteiger charge is -2.09. The molecule has 1 amide bonds. The van der Waals surface area contributed by atoms with E-state index in [9.17, 15) is 14.9 Å². The molecule has 0 radical (unpaired) electrons. The maximum atomic E-state index is 12.3. The maximum Gasteiger partial charge on any atom is 0.320 e. The van der Waals surface area contributed by atoms with Gasteiger partial charge >= 0.3 is 5.69 Å². The lowest BCUT2D eigenvalue weighted by Crippen LogP contribution is -2.17. The predicted octanol–water partition coefficient (Wildman–Crippen LogP) is 2.43. The van der Waals surface area contributed by atoms with Crippen LogP contribution in [0.25, 0.3) is 0 Å². The number of nitrogens with one attached hydrogen (secondary N) is 1. The number of carbonyl (C=O) groups excluding carboxylic acids is 1. The van der Waals surface area contributed by atoms with E-state index in [-0.39, 0.29) is 18.1 Å². The lowest BCUT2D eigenvalue weighted by atomic mass is 10.1. The zero-order valence-electron chi connectivity index (χ0n) is 15.0. The van der Waals surface area contributed by atoms with Crippen LogP contribution in [-0.2, 0) is 13.8 Å². The monoisotopic (exact) mass is 370 g/mol. The summed E-state index contributed by atoms with van der Waals surface area (Å²) in [5, 5.41) is 21.4. The van der Waals surface area contributed by atoms with Gasteiger partial charge in [-0.3, -0.25) is 19.6 Å². The van der Waals surface area contributed by atoms with Crippen molar-refractivity contribution >= 4 is 17.3 Å². The summed E-state index contributed by atoms with van der Waals surface area (Å²) in [6.45, 7) is 4.12. The summed E-state index contributed by atoms with van der Waals surface area (Å²) in [5.41, 5.74) is 2.05. The van der Waals surface area contributed by atoms with Crippen LogP contribution in [0.5, 0.6) is 5.75 Å². The molecule has 0 fully saturated rings. The van der Waals surface area contributed by atoms with Crippen LogP contribution in [-0.4, -0.2) is 30.4 Å². The molecule has 0 atom stereocenters. The van der Waals surface area contributed by atoms with Gasteiger partial charge in [0.2, 0.25) is 5.69 Å². The average molecular weight is 370 g/mol. The molecular weight excluding hydrogens is 352 g/mol. The molecular formula is C17H18N6O4. The number of rotatable bonds is 6. The van der Waals surface area contributed by atoms with Gasteiger partial charge in [0.05, 0.1) is 23.0 Å². The molecule has 0 bridgehead atoms. The van der Waals surface area contributed by atoms with E-state index < -0.39 is 10.8 Å². The number of nitro groups is 1. The van der Waals surface area contributed by atoms with Crippen LogP contribution >= 0.6 is 0 Å². The molecule has 140 valence electrons. The highest BCUT2D eigenvalue weighted by Crippen LogP contribution is 2.20. The quantitative estimate of drug-likeness (QED) is 0.526. The molecule has 10 heteroatoms. The zero-order valence-corrected chi connectivity index (χ0v) is 15.0. The Morgan fingerprint density at radius 1 is 1.30 bits per heavy atom. The minimum atomic E-state index is -0.650. The maximum absolute atomic E-state index is 12.3. The minimum Gasteiger partial charge on any atom is -0.471 e. The highest BCUT2D eigenvalue weighted by Gasteiger charge is 2.25. The number of carbonyl (C=O) groups is 1. The summed E-state index contributed by atoms with van der Waals surface area (Å²) < 4.78 is 8.38. The second-order valence-electron chi connectivity index (χ2n) is 6.02. The summed E-state index contributed by atoms with van der Waals surface area (Å²) in [7, 11) is 1.46. The van der Waals surface area contributed by atoms with Crippen molar-refractivity contribution < 1.29 is 14.5 Å². The fraction of sp³-hybridized carbons (Fsp3) is 0.235. The number of anilines is 1. The van der Waals surface area contributed by atoms with Crippen LogP contribution in [0.1, 0.15) is 21.6 Å². The average Bonchev–Trinajstić information content (AvgIpc) is 3.20. The Hall–Kier alpha value is -3.69. The van der Waals surface area contributed by atoms with E-state index in [0.29, 0.717) is 5.69 Å². The Labute approximate surface area is 154 Å². The summed E-state index contributed by atoms with van der Waals surface area (Å²) in [6.07, 6.45) is 4.05. The van der Waals surface area contributed by atoms with E-state index >= 15 is 0 Å². The van der Waals surface area contributed by atoms with Gasteiger partial charge in [0, 0.05) is 7.05 Å². The number of amides is 1. The highest BCUT2D eigenvalue weighted by atomic mass is 16.6. The van der Waals surface area contributed by atoms with Crippen molar-refractivity contribution in [3.63, 3.8) is 0 Å². The van der Waals surface area contributed by atoms with Gasteiger partial charge in [-0.1, -0.05) is 17.7 Å². The van der Waals surface area contributed by atoms with Gasteiger partial charge in [0.15, 0.2) is 6.73 Å². The van der Waals surface area contributed by atoms with Gasteiger partial charge < -0.3 is 10.1 Å². The third-order valence-corrected chi connectivity index (χ3v) is 3.91. The molecule has 27 heavy (non-hydrogen) atoms. The van der Waals surface area contributed by atoms with Crippen LogP contribution in [0.3, 0.4) is 0 Å². The van der Waals surface area contributed by atoms with Crippen LogP contribution in [0.4, 0.5) is 11.4 Å². The molecule has 0 aliphatic heterocycles. The second kappa shape index (κ2) is 7.28. The Bertz CT molecular complexity index is 1010. The predicted molar refractivity (Wildman–Crippen MR) is 96.6 cm³/mol. The molecule has 0 saturated heterocycles. The fourth-order valence-electron chi connectivity index (χ4n) is 2.61. The third kappa shape index (κ3) is 3.94. The molecule has 10 nitrogen and oxygen atoms in total. The highest BCUT2D eigenvalue weighted by molar-refractivity contribution is 6.05. The largest absolute Gasteiger partial charge is 0.471 e. The molecule has 1 aromatic carbocycles. The minimum absolute atomic E-state index is 0.140. The van der Waals surface area contributed by atoms with Crippen LogP contribution < -0.4 is 10.1 Å². The first-order valence-corrected chi connectivity index (χ1v) is 8.05. The molecule has 0 aliphatic carbocycles. The zero-order chi connectivity index (χ0) is 19.6. The van der Waals surface area contributed by atoms with Crippen molar-refractivity contribution in [1.82, 2.24) is 19.6 Å². The molecule has 3 aromatic rings. The molecule has 0 saturated carbocycles. The van der Waals surface area contributed by atoms with Gasteiger partial charge in [-0.25, -0.2) is 4.68 Å². The normalized spacial score (nSPS) is 10.6. The third-order valence-electron chi connectivity index (χ3n) is 3.91. The molecule has 0 spiro atoms. The molecule has 3 rings (SSSR count). The van der Waals surface area contributed by atoms with E-state index in [0.717, 1.165) is 27.8 Å². The Morgan fingerprint density at radius 2 is 2.07 bits per heavy atom.